The van der Waals surface area contributed by atoms with Crippen molar-refractivity contribution in [2.45, 2.75) is 0 Å². The highest BCUT2D eigenvalue weighted by atomic mass is 79.9. The first-order valence-corrected chi connectivity index (χ1v) is 10.6. The van der Waals surface area contributed by atoms with Crippen LogP contribution in [-0.2, 0) is 0 Å². The Morgan fingerprint density at radius 3 is 2.21 bits per heavy atom. The van der Waals surface area contributed by atoms with Gasteiger partial charge in [-0.25, -0.2) is 4.98 Å². The van der Waals surface area contributed by atoms with Gasteiger partial charge in [0.25, 0.3) is 0 Å². The summed E-state index contributed by atoms with van der Waals surface area (Å²) in [6.07, 6.45) is 5.26. The first-order chi connectivity index (χ1) is 14.1. The lowest BCUT2D eigenvalue weighted by Crippen LogP contribution is -1.92. The number of fused-ring (bicyclic) bond motifs is 6. The number of hydrogen-bond acceptors (Lipinski definition) is 2. The number of hydrogen-bond donors (Lipinski definition) is 1. The lowest BCUT2D eigenvalue weighted by molar-refractivity contribution is 0.370. The molecule has 0 bridgehead atoms. The molecule has 0 atom stereocenters. The molecule has 0 unspecified atom stereocenters. The van der Waals surface area contributed by atoms with E-state index >= 15 is 0 Å². The van der Waals surface area contributed by atoms with E-state index < -0.39 is 0 Å². The average molecular weight is 506 g/mol. The van der Waals surface area contributed by atoms with Crippen LogP contribution in [-0.4, -0.2) is 16.6 Å². The molecule has 0 aliphatic carbocycles. The predicted octanol–water partition coefficient (Wildman–Crippen LogP) is 7.07. The van der Waals surface area contributed by atoms with Crippen LogP contribution in [0.2, 0.25) is 0 Å². The van der Waals surface area contributed by atoms with Crippen LogP contribution in [0.4, 0.5) is 0 Å². The zero-order valence-corrected chi connectivity index (χ0v) is 18.3. The molecule has 0 radical (unpaired) electrons. The third-order valence-corrected chi connectivity index (χ3v) is 5.92. The van der Waals surface area contributed by atoms with Gasteiger partial charge in [-0.2, -0.15) is 0 Å². The Kier molecular flexibility index (Phi) is 4.54. The maximum absolute atomic E-state index is 5.47. The molecule has 3 nitrogen and oxygen atoms in total. The Morgan fingerprint density at radius 1 is 0.862 bits per heavy atom. The zero-order chi connectivity index (χ0) is 20.0. The number of aromatic amines is 1. The Hall–Kier alpha value is -2.81. The second kappa shape index (κ2) is 7.22. The van der Waals surface area contributed by atoms with E-state index in [4.69, 9.17) is 16.1 Å². The summed E-state index contributed by atoms with van der Waals surface area (Å²) in [5.74, 6) is 4.03. The Morgan fingerprint density at radius 2 is 1.52 bits per heavy atom. The van der Waals surface area contributed by atoms with Gasteiger partial charge in [-0.3, -0.25) is 0 Å². The summed E-state index contributed by atoms with van der Waals surface area (Å²) < 4.78 is 7.54. The summed E-state index contributed by atoms with van der Waals surface area (Å²) in [7, 11) is 0. The van der Waals surface area contributed by atoms with Gasteiger partial charge in [0, 0.05) is 25.3 Å². The van der Waals surface area contributed by atoms with Crippen LogP contribution in [0.1, 0.15) is 0 Å². The van der Waals surface area contributed by atoms with Gasteiger partial charge in [-0.1, -0.05) is 49.9 Å². The summed E-state index contributed by atoms with van der Waals surface area (Å²) in [5, 5.41) is 4.62. The number of benzene rings is 4. The minimum atomic E-state index is 0.256. The first-order valence-electron chi connectivity index (χ1n) is 9.01. The van der Waals surface area contributed by atoms with Crippen molar-refractivity contribution in [3.8, 4) is 29.5 Å². The highest BCUT2D eigenvalue weighted by Crippen LogP contribution is 2.37. The molecule has 0 aliphatic heterocycles. The van der Waals surface area contributed by atoms with E-state index in [9.17, 15) is 0 Å². The second-order valence-corrected chi connectivity index (χ2v) is 8.54. The Balaban J connectivity index is 1.76. The molecule has 0 spiro atoms. The molecule has 0 aliphatic rings. The molecule has 5 rings (SSSR count). The molecular formula is C24H14Br2N2O. The molecule has 140 valence electrons. The van der Waals surface area contributed by atoms with Crippen LogP contribution >= 0.6 is 31.9 Å². The van der Waals surface area contributed by atoms with Crippen molar-refractivity contribution in [1.29, 1.82) is 0 Å². The molecule has 29 heavy (non-hydrogen) atoms. The van der Waals surface area contributed by atoms with Crippen LogP contribution < -0.4 is 4.74 Å². The third-order valence-electron chi connectivity index (χ3n) is 4.93. The van der Waals surface area contributed by atoms with Crippen molar-refractivity contribution in [2.24, 2.45) is 0 Å². The van der Waals surface area contributed by atoms with Crippen LogP contribution in [0, 0.1) is 12.3 Å². The van der Waals surface area contributed by atoms with E-state index in [1.54, 1.807) is 0 Å². The number of ether oxygens (including phenoxy) is 1. The second-order valence-electron chi connectivity index (χ2n) is 6.71. The number of nitrogens with zero attached hydrogens (tertiary/aromatic N) is 1. The van der Waals surface area contributed by atoms with Gasteiger partial charge < -0.3 is 9.72 Å². The maximum atomic E-state index is 5.47. The standard InChI is InChI=1S/C24H14Br2N2O/c1-2-11-29-17-7-3-14(4-8-17)24-27-22-20-12-15(25)5-9-18(20)19-10-6-16(26)13-21(19)23(22)28-24/h1,3-10,12-13H,11H2,(H,27,28). The van der Waals surface area contributed by atoms with Gasteiger partial charge in [0.15, 0.2) is 0 Å². The number of aromatic nitrogens is 2. The summed E-state index contributed by atoms with van der Waals surface area (Å²) >= 11 is 7.21. The average Bonchev–Trinajstić information content (AvgIpc) is 3.18. The van der Waals surface area contributed by atoms with E-state index in [-0.39, 0.29) is 6.61 Å². The highest BCUT2D eigenvalue weighted by Gasteiger charge is 2.14. The lowest BCUT2D eigenvalue weighted by atomic mass is 10.0. The Labute approximate surface area is 184 Å². The van der Waals surface area contributed by atoms with Gasteiger partial charge in [-0.05, 0) is 59.3 Å². The molecule has 5 aromatic rings. The minimum Gasteiger partial charge on any atom is -0.481 e. The SMILES string of the molecule is C#CCOc1ccc(-c2nc3c4cc(Br)ccc4c4ccc(Br)cc4c3[nH]2)cc1. The van der Waals surface area contributed by atoms with E-state index in [1.807, 2.05) is 24.3 Å². The number of halogens is 2. The molecule has 0 amide bonds. The monoisotopic (exact) mass is 504 g/mol. The van der Waals surface area contributed by atoms with Gasteiger partial charge in [0.05, 0.1) is 11.0 Å². The predicted molar refractivity (Wildman–Crippen MR) is 126 cm³/mol. The van der Waals surface area contributed by atoms with Gasteiger partial charge in [0.1, 0.15) is 18.2 Å². The van der Waals surface area contributed by atoms with Gasteiger partial charge in [-0.15, -0.1) is 6.42 Å². The summed E-state index contributed by atoms with van der Waals surface area (Å²) in [5.41, 5.74) is 2.96. The van der Waals surface area contributed by atoms with Crippen LogP contribution in [0.3, 0.4) is 0 Å². The normalized spacial score (nSPS) is 11.2. The molecular weight excluding hydrogens is 492 g/mol. The topological polar surface area (TPSA) is 37.9 Å². The molecule has 0 saturated carbocycles. The van der Waals surface area contributed by atoms with Crippen molar-refractivity contribution in [2.75, 3.05) is 6.61 Å². The molecule has 5 heteroatoms. The van der Waals surface area contributed by atoms with Crippen molar-refractivity contribution in [1.82, 2.24) is 9.97 Å². The fraction of sp³-hybridized carbons (Fsp3) is 0.0417. The third kappa shape index (κ3) is 3.19. The molecule has 4 aromatic carbocycles. The van der Waals surface area contributed by atoms with Crippen LogP contribution in [0.25, 0.3) is 44.0 Å². The molecule has 1 aromatic heterocycles. The smallest absolute Gasteiger partial charge is 0.148 e. The molecule has 0 saturated heterocycles. The number of nitrogens with one attached hydrogen (secondary N) is 1. The van der Waals surface area contributed by atoms with Crippen LogP contribution in [0.15, 0.2) is 69.6 Å². The lowest BCUT2D eigenvalue weighted by Gasteiger charge is -2.07. The molecule has 1 heterocycles. The van der Waals surface area contributed by atoms with Crippen molar-refractivity contribution >= 4 is 64.4 Å². The number of H-pyrrole nitrogens is 1. The number of imidazole rings is 1. The van der Waals surface area contributed by atoms with Crippen molar-refractivity contribution in [3.63, 3.8) is 0 Å². The largest absolute Gasteiger partial charge is 0.481 e. The van der Waals surface area contributed by atoms with E-state index in [1.165, 1.54) is 10.8 Å². The van der Waals surface area contributed by atoms with Crippen molar-refractivity contribution < 1.29 is 4.74 Å². The fourth-order valence-corrected chi connectivity index (χ4v) is 4.36. The van der Waals surface area contributed by atoms with Gasteiger partial charge >= 0.3 is 0 Å². The van der Waals surface area contributed by atoms with Crippen molar-refractivity contribution in [3.05, 3.63) is 69.6 Å². The minimum absolute atomic E-state index is 0.256. The van der Waals surface area contributed by atoms with Gasteiger partial charge in [0.2, 0.25) is 0 Å². The quantitative estimate of drug-likeness (QED) is 0.210. The number of rotatable bonds is 3. The zero-order valence-electron chi connectivity index (χ0n) is 15.2. The molecule has 0 fully saturated rings. The summed E-state index contributed by atoms with van der Waals surface area (Å²) in [6, 6.07) is 20.5. The van der Waals surface area contributed by atoms with E-state index in [2.05, 4.69) is 79.2 Å². The summed E-state index contributed by atoms with van der Waals surface area (Å²) in [4.78, 5) is 8.49. The van der Waals surface area contributed by atoms with Crippen LogP contribution in [0.5, 0.6) is 5.75 Å². The maximum Gasteiger partial charge on any atom is 0.148 e. The Bertz CT molecular complexity index is 1350. The molecule has 1 N–H and O–H groups in total. The highest BCUT2D eigenvalue weighted by molar-refractivity contribution is 9.10. The fourth-order valence-electron chi connectivity index (χ4n) is 3.64. The van der Waals surface area contributed by atoms with E-state index in [0.717, 1.165) is 47.9 Å². The van der Waals surface area contributed by atoms with E-state index in [0.29, 0.717) is 0 Å². The first kappa shape index (κ1) is 18.2. The summed E-state index contributed by atoms with van der Waals surface area (Å²) in [6.45, 7) is 0.256. The number of terminal acetylenes is 1.